The number of hydrogen-bond donors (Lipinski definition) is 0. The molecule has 98 valence electrons. The first-order valence-electron chi connectivity index (χ1n) is 6.12. The van der Waals surface area contributed by atoms with Crippen LogP contribution in [0.4, 0.5) is 0 Å². The molecular weight excluding hydrogens is 260 g/mol. The summed E-state index contributed by atoms with van der Waals surface area (Å²) in [6.45, 7) is 2.18. The molecule has 0 aliphatic rings. The van der Waals surface area contributed by atoms with E-state index in [2.05, 4.69) is 0 Å². The monoisotopic (exact) mass is 274 g/mol. The van der Waals surface area contributed by atoms with E-state index in [9.17, 15) is 4.79 Å². The van der Waals surface area contributed by atoms with Crippen molar-refractivity contribution in [3.8, 4) is 0 Å². The van der Waals surface area contributed by atoms with Gasteiger partial charge in [-0.2, -0.15) is 0 Å². The molecule has 2 aromatic carbocycles. The van der Waals surface area contributed by atoms with Gasteiger partial charge in [0.05, 0.1) is 6.61 Å². The maximum absolute atomic E-state index is 12.1. The smallest absolute Gasteiger partial charge is 0.191 e. The fourth-order valence-corrected chi connectivity index (χ4v) is 1.94. The lowest BCUT2D eigenvalue weighted by Crippen LogP contribution is -2.20. The molecule has 0 N–H and O–H groups in total. The number of carbonyl (C=O) groups excluding carboxylic acids is 1. The van der Waals surface area contributed by atoms with Gasteiger partial charge in [0.15, 0.2) is 5.78 Å². The summed E-state index contributed by atoms with van der Waals surface area (Å²) >= 11 is 5.87. The third kappa shape index (κ3) is 3.91. The Balaban J connectivity index is 1.96. The largest absolute Gasteiger partial charge is 0.366 e. The number of Topliss-reactive ketones (excluding diaryl/α,β-unsaturated/α-hetero) is 1. The summed E-state index contributed by atoms with van der Waals surface area (Å²) in [4.78, 5) is 12.1. The van der Waals surface area contributed by atoms with Crippen LogP contribution in [-0.4, -0.2) is 11.9 Å². The van der Waals surface area contributed by atoms with Gasteiger partial charge in [0, 0.05) is 10.6 Å². The average Bonchev–Trinajstić information content (AvgIpc) is 2.45. The van der Waals surface area contributed by atoms with Crippen LogP contribution in [0.5, 0.6) is 0 Å². The number of hydrogen-bond acceptors (Lipinski definition) is 2. The van der Waals surface area contributed by atoms with Crippen molar-refractivity contribution in [2.24, 2.45) is 0 Å². The lowest BCUT2D eigenvalue weighted by atomic mass is 10.1. The van der Waals surface area contributed by atoms with Crippen molar-refractivity contribution >= 4 is 17.4 Å². The van der Waals surface area contributed by atoms with Crippen LogP contribution >= 0.6 is 11.6 Å². The molecule has 0 heterocycles. The zero-order chi connectivity index (χ0) is 13.7. The number of halogens is 1. The number of benzene rings is 2. The molecule has 2 aromatic rings. The van der Waals surface area contributed by atoms with Crippen LogP contribution in [-0.2, 0) is 11.3 Å². The predicted octanol–water partition coefficient (Wildman–Crippen LogP) is 4.13. The molecule has 0 amide bonds. The van der Waals surface area contributed by atoms with E-state index < -0.39 is 6.10 Å². The van der Waals surface area contributed by atoms with Crippen molar-refractivity contribution < 1.29 is 9.53 Å². The van der Waals surface area contributed by atoms with Gasteiger partial charge in [-0.1, -0.05) is 54.1 Å². The highest BCUT2D eigenvalue weighted by Crippen LogP contribution is 2.14. The summed E-state index contributed by atoms with van der Waals surface area (Å²) in [6, 6.07) is 16.7. The van der Waals surface area contributed by atoms with Crippen LogP contribution < -0.4 is 0 Å². The summed E-state index contributed by atoms with van der Waals surface area (Å²) in [5.74, 6) is -0.0570. The Morgan fingerprint density at radius 2 is 1.89 bits per heavy atom. The zero-order valence-corrected chi connectivity index (χ0v) is 11.4. The molecule has 0 bridgehead atoms. The highest BCUT2D eigenvalue weighted by atomic mass is 35.5. The van der Waals surface area contributed by atoms with Gasteiger partial charge in [-0.25, -0.2) is 0 Å². The quantitative estimate of drug-likeness (QED) is 0.767. The molecule has 0 aliphatic carbocycles. The summed E-state index contributed by atoms with van der Waals surface area (Å²) in [7, 11) is 0. The Labute approximate surface area is 118 Å². The lowest BCUT2D eigenvalue weighted by Gasteiger charge is -2.12. The first-order valence-corrected chi connectivity index (χ1v) is 6.50. The van der Waals surface area contributed by atoms with Crippen molar-refractivity contribution in [2.45, 2.75) is 19.6 Å². The summed E-state index contributed by atoms with van der Waals surface area (Å²) in [6.07, 6.45) is -0.487. The van der Waals surface area contributed by atoms with Gasteiger partial charge in [0.2, 0.25) is 0 Å². The Kier molecular flexibility index (Phi) is 4.72. The van der Waals surface area contributed by atoms with Crippen LogP contribution in [0.25, 0.3) is 0 Å². The van der Waals surface area contributed by atoms with E-state index in [1.165, 1.54) is 0 Å². The molecular formula is C16H15ClO2. The van der Waals surface area contributed by atoms with E-state index in [1.807, 2.05) is 30.3 Å². The molecule has 3 heteroatoms. The number of ether oxygens (including phenoxy) is 1. The third-order valence-corrected chi connectivity index (χ3v) is 3.06. The van der Waals surface area contributed by atoms with Crippen molar-refractivity contribution in [1.29, 1.82) is 0 Å². The van der Waals surface area contributed by atoms with Crippen molar-refractivity contribution in [3.63, 3.8) is 0 Å². The van der Waals surface area contributed by atoms with Crippen molar-refractivity contribution in [2.75, 3.05) is 0 Å². The average molecular weight is 275 g/mol. The Morgan fingerprint density at radius 3 is 2.58 bits per heavy atom. The topological polar surface area (TPSA) is 26.3 Å². The first-order chi connectivity index (χ1) is 9.16. The maximum Gasteiger partial charge on any atom is 0.191 e. The number of carbonyl (C=O) groups is 1. The highest BCUT2D eigenvalue weighted by Gasteiger charge is 2.15. The van der Waals surface area contributed by atoms with Gasteiger partial charge in [-0.05, 0) is 24.6 Å². The third-order valence-electron chi connectivity index (χ3n) is 2.82. The second-order valence-electron chi connectivity index (χ2n) is 4.31. The van der Waals surface area contributed by atoms with Crippen LogP contribution in [0.15, 0.2) is 54.6 Å². The molecule has 0 aromatic heterocycles. The van der Waals surface area contributed by atoms with E-state index in [4.69, 9.17) is 16.3 Å². The minimum absolute atomic E-state index is 0.0570. The van der Waals surface area contributed by atoms with Gasteiger partial charge in [0.25, 0.3) is 0 Å². The molecule has 0 saturated carbocycles. The van der Waals surface area contributed by atoms with Crippen LogP contribution in [0, 0.1) is 0 Å². The van der Waals surface area contributed by atoms with E-state index in [-0.39, 0.29) is 5.78 Å². The van der Waals surface area contributed by atoms with Gasteiger partial charge >= 0.3 is 0 Å². The standard InChI is InChI=1S/C16H15ClO2/c1-12(19-11-13-6-3-2-4-7-13)16(18)14-8-5-9-15(17)10-14/h2-10,12H,11H2,1H3. The van der Waals surface area contributed by atoms with E-state index in [0.29, 0.717) is 17.2 Å². The number of ketones is 1. The number of rotatable bonds is 5. The second-order valence-corrected chi connectivity index (χ2v) is 4.75. The Bertz CT molecular complexity index is 552. The SMILES string of the molecule is CC(OCc1ccccc1)C(=O)c1cccc(Cl)c1. The molecule has 1 atom stereocenters. The molecule has 0 spiro atoms. The van der Waals surface area contributed by atoms with Crippen LogP contribution in [0.1, 0.15) is 22.8 Å². The summed E-state index contributed by atoms with van der Waals surface area (Å²) in [5.41, 5.74) is 1.63. The molecule has 1 unspecified atom stereocenters. The van der Waals surface area contributed by atoms with Crippen LogP contribution in [0.3, 0.4) is 0 Å². The second kappa shape index (κ2) is 6.50. The Hall–Kier alpha value is -1.64. The fraction of sp³-hybridized carbons (Fsp3) is 0.188. The van der Waals surface area contributed by atoms with E-state index in [1.54, 1.807) is 31.2 Å². The zero-order valence-electron chi connectivity index (χ0n) is 10.7. The normalized spacial score (nSPS) is 12.1. The van der Waals surface area contributed by atoms with E-state index in [0.717, 1.165) is 5.56 Å². The summed E-state index contributed by atoms with van der Waals surface area (Å²) in [5, 5.41) is 0.557. The molecule has 2 rings (SSSR count). The van der Waals surface area contributed by atoms with Gasteiger partial charge < -0.3 is 4.74 Å². The molecule has 0 fully saturated rings. The van der Waals surface area contributed by atoms with Gasteiger partial charge in [0.1, 0.15) is 6.10 Å². The summed E-state index contributed by atoms with van der Waals surface area (Å²) < 4.78 is 5.59. The Morgan fingerprint density at radius 1 is 1.16 bits per heavy atom. The molecule has 0 aliphatic heterocycles. The maximum atomic E-state index is 12.1. The first kappa shape index (κ1) is 13.8. The molecule has 0 radical (unpaired) electrons. The minimum Gasteiger partial charge on any atom is -0.366 e. The molecule has 19 heavy (non-hydrogen) atoms. The van der Waals surface area contributed by atoms with Crippen molar-refractivity contribution in [1.82, 2.24) is 0 Å². The molecule has 2 nitrogen and oxygen atoms in total. The van der Waals surface area contributed by atoms with Gasteiger partial charge in [-0.15, -0.1) is 0 Å². The van der Waals surface area contributed by atoms with E-state index >= 15 is 0 Å². The minimum atomic E-state index is -0.487. The predicted molar refractivity (Wildman–Crippen MR) is 76.5 cm³/mol. The molecule has 0 saturated heterocycles. The van der Waals surface area contributed by atoms with Crippen molar-refractivity contribution in [3.05, 3.63) is 70.7 Å². The van der Waals surface area contributed by atoms with Gasteiger partial charge in [-0.3, -0.25) is 4.79 Å². The fourth-order valence-electron chi connectivity index (χ4n) is 1.75. The lowest BCUT2D eigenvalue weighted by molar-refractivity contribution is 0.0412. The highest BCUT2D eigenvalue weighted by molar-refractivity contribution is 6.31. The van der Waals surface area contributed by atoms with Crippen LogP contribution in [0.2, 0.25) is 5.02 Å².